The fourth-order valence-corrected chi connectivity index (χ4v) is 3.45. The molecule has 0 saturated carbocycles. The number of hydrogen-bond acceptors (Lipinski definition) is 4. The van der Waals surface area contributed by atoms with Crippen LogP contribution in [-0.2, 0) is 6.18 Å². The highest BCUT2D eigenvalue weighted by molar-refractivity contribution is 5.95. The lowest BCUT2D eigenvalue weighted by molar-refractivity contribution is -0.138. The van der Waals surface area contributed by atoms with Gasteiger partial charge in [-0.1, -0.05) is 0 Å². The molecule has 2 heterocycles. The largest absolute Gasteiger partial charge is 0.417 e. The van der Waals surface area contributed by atoms with Crippen LogP contribution < -0.4 is 11.0 Å². The third-order valence-electron chi connectivity index (χ3n) is 5.33. The molecule has 2 atom stereocenters. The van der Waals surface area contributed by atoms with Crippen molar-refractivity contribution >= 4 is 5.91 Å². The minimum atomic E-state index is -4.89. The molecule has 1 aliphatic rings. The number of benzene rings is 1. The Bertz CT molecular complexity index is 976. The molecule has 2 aromatic rings. The van der Waals surface area contributed by atoms with Crippen molar-refractivity contribution in [3.8, 4) is 5.69 Å². The Morgan fingerprint density at radius 2 is 1.67 bits per heavy atom. The standard InChI is InChI=1S/C20H22F4N4O2/c1-12-9-27(10-13(2)26(12)3)25-19(30)16-11-28(15-6-4-14(21)5-7-15)18(29)8-17(16)20(22,23)24/h4-8,11-13H,9-10H2,1-3H3,(H,25,30)/t12-,13+. The molecular weight excluding hydrogens is 404 g/mol. The zero-order chi connectivity index (χ0) is 22.2. The topological polar surface area (TPSA) is 57.6 Å². The van der Waals surface area contributed by atoms with Gasteiger partial charge in [0.1, 0.15) is 5.82 Å². The quantitative estimate of drug-likeness (QED) is 0.767. The van der Waals surface area contributed by atoms with Crippen molar-refractivity contribution in [3.05, 3.63) is 63.8 Å². The van der Waals surface area contributed by atoms with Crippen molar-refractivity contribution < 1.29 is 22.4 Å². The number of aromatic nitrogens is 1. The Kier molecular flexibility index (Phi) is 6.00. The Hall–Kier alpha value is -2.72. The van der Waals surface area contributed by atoms with Gasteiger partial charge in [-0.15, -0.1) is 0 Å². The van der Waals surface area contributed by atoms with Gasteiger partial charge in [0.05, 0.1) is 11.1 Å². The van der Waals surface area contributed by atoms with Crippen LogP contribution in [0, 0.1) is 5.82 Å². The second-order valence-electron chi connectivity index (χ2n) is 7.49. The van der Waals surface area contributed by atoms with Crippen LogP contribution in [0.3, 0.4) is 0 Å². The number of piperazine rings is 1. The molecule has 1 saturated heterocycles. The second kappa shape index (κ2) is 8.19. The Labute approximate surface area is 170 Å². The summed E-state index contributed by atoms with van der Waals surface area (Å²) < 4.78 is 54.7. The summed E-state index contributed by atoms with van der Waals surface area (Å²) in [6.07, 6.45) is -4.05. The van der Waals surface area contributed by atoms with Crippen molar-refractivity contribution in [2.45, 2.75) is 32.1 Å². The first kappa shape index (κ1) is 22.0. The number of nitrogens with zero attached hydrogens (tertiary/aromatic N) is 3. The molecule has 0 bridgehead atoms. The maximum Gasteiger partial charge on any atom is 0.417 e. The molecule has 0 unspecified atom stereocenters. The predicted octanol–water partition coefficient (Wildman–Crippen LogP) is 2.66. The van der Waals surface area contributed by atoms with Crippen LogP contribution in [0.5, 0.6) is 0 Å². The first-order valence-corrected chi connectivity index (χ1v) is 9.35. The fraction of sp³-hybridized carbons (Fsp3) is 0.400. The van der Waals surface area contributed by atoms with Crippen molar-refractivity contribution in [1.82, 2.24) is 19.9 Å². The second-order valence-corrected chi connectivity index (χ2v) is 7.49. The van der Waals surface area contributed by atoms with E-state index >= 15 is 0 Å². The molecule has 6 nitrogen and oxygen atoms in total. The van der Waals surface area contributed by atoms with Gasteiger partial charge in [0.15, 0.2) is 0 Å². The number of hydrogen-bond donors (Lipinski definition) is 1. The van der Waals surface area contributed by atoms with Gasteiger partial charge in [-0.3, -0.25) is 24.5 Å². The molecule has 1 amide bonds. The zero-order valence-electron chi connectivity index (χ0n) is 16.7. The smallest absolute Gasteiger partial charge is 0.298 e. The zero-order valence-corrected chi connectivity index (χ0v) is 16.7. The fourth-order valence-electron chi connectivity index (χ4n) is 3.45. The van der Waals surface area contributed by atoms with E-state index in [9.17, 15) is 27.2 Å². The number of carbonyl (C=O) groups is 1. The summed E-state index contributed by atoms with van der Waals surface area (Å²) in [6.45, 7) is 4.77. The summed E-state index contributed by atoms with van der Waals surface area (Å²) in [6, 6.07) is 5.20. The van der Waals surface area contributed by atoms with E-state index in [2.05, 4.69) is 10.3 Å². The average Bonchev–Trinajstić information content (AvgIpc) is 2.66. The van der Waals surface area contributed by atoms with E-state index in [4.69, 9.17) is 0 Å². The van der Waals surface area contributed by atoms with Crippen LogP contribution in [0.1, 0.15) is 29.8 Å². The summed E-state index contributed by atoms with van der Waals surface area (Å²) >= 11 is 0. The molecule has 1 aromatic heterocycles. The van der Waals surface area contributed by atoms with Crippen LogP contribution in [0.4, 0.5) is 17.6 Å². The number of halogens is 4. The molecule has 0 spiro atoms. The molecule has 10 heteroatoms. The van der Waals surface area contributed by atoms with Crippen molar-refractivity contribution in [3.63, 3.8) is 0 Å². The van der Waals surface area contributed by atoms with E-state index in [-0.39, 0.29) is 17.8 Å². The van der Waals surface area contributed by atoms with Gasteiger partial charge < -0.3 is 0 Å². The summed E-state index contributed by atoms with van der Waals surface area (Å²) in [5.74, 6) is -1.53. The average molecular weight is 426 g/mol. The normalized spacial score (nSPS) is 20.9. The van der Waals surface area contributed by atoms with Gasteiger partial charge >= 0.3 is 6.18 Å². The molecule has 1 aliphatic heterocycles. The first-order valence-electron chi connectivity index (χ1n) is 9.35. The lowest BCUT2D eigenvalue weighted by atomic mass is 10.1. The number of carbonyl (C=O) groups excluding carboxylic acids is 1. The number of nitrogens with one attached hydrogen (secondary N) is 1. The van der Waals surface area contributed by atoms with Crippen LogP contribution >= 0.6 is 0 Å². The Morgan fingerprint density at radius 1 is 1.10 bits per heavy atom. The highest BCUT2D eigenvalue weighted by atomic mass is 19.4. The van der Waals surface area contributed by atoms with Gasteiger partial charge in [0.2, 0.25) is 0 Å². The van der Waals surface area contributed by atoms with Gasteiger partial charge in [-0.2, -0.15) is 13.2 Å². The number of alkyl halides is 3. The number of rotatable bonds is 3. The third kappa shape index (κ3) is 4.54. The highest BCUT2D eigenvalue weighted by Gasteiger charge is 2.37. The van der Waals surface area contributed by atoms with E-state index in [0.717, 1.165) is 22.9 Å². The monoisotopic (exact) mass is 426 g/mol. The minimum Gasteiger partial charge on any atom is -0.298 e. The summed E-state index contributed by atoms with van der Waals surface area (Å²) in [7, 11) is 1.94. The lowest BCUT2D eigenvalue weighted by Gasteiger charge is -2.42. The molecule has 162 valence electrons. The lowest BCUT2D eigenvalue weighted by Crippen LogP contribution is -2.59. The maximum atomic E-state index is 13.5. The molecular formula is C20H22F4N4O2. The van der Waals surface area contributed by atoms with E-state index in [1.165, 1.54) is 12.1 Å². The molecule has 3 rings (SSSR count). The Balaban J connectivity index is 1.99. The molecule has 0 radical (unpaired) electrons. The van der Waals surface area contributed by atoms with E-state index < -0.39 is 34.6 Å². The number of likely N-dealkylation sites (N-methyl/N-ethyl adjacent to an activating group) is 1. The highest BCUT2D eigenvalue weighted by Crippen LogP contribution is 2.31. The predicted molar refractivity (Wildman–Crippen MR) is 103 cm³/mol. The van der Waals surface area contributed by atoms with Gasteiger partial charge in [0, 0.05) is 43.1 Å². The van der Waals surface area contributed by atoms with Gasteiger partial charge in [-0.25, -0.2) is 9.40 Å². The molecule has 1 N–H and O–H groups in total. The minimum absolute atomic E-state index is 0.0873. The van der Waals surface area contributed by atoms with E-state index in [1.807, 2.05) is 20.9 Å². The van der Waals surface area contributed by atoms with Crippen LogP contribution in [0.25, 0.3) is 5.69 Å². The van der Waals surface area contributed by atoms with Crippen LogP contribution in [0.15, 0.2) is 41.3 Å². The van der Waals surface area contributed by atoms with Gasteiger partial charge in [0.25, 0.3) is 11.5 Å². The van der Waals surface area contributed by atoms with Crippen LogP contribution in [-0.4, -0.2) is 52.6 Å². The number of amides is 1. The third-order valence-corrected chi connectivity index (χ3v) is 5.33. The molecule has 0 aliphatic carbocycles. The van der Waals surface area contributed by atoms with Crippen LogP contribution in [0.2, 0.25) is 0 Å². The van der Waals surface area contributed by atoms with E-state index in [1.54, 1.807) is 5.01 Å². The van der Waals surface area contributed by atoms with Crippen molar-refractivity contribution in [1.29, 1.82) is 0 Å². The summed E-state index contributed by atoms with van der Waals surface area (Å²) in [5, 5.41) is 1.57. The summed E-state index contributed by atoms with van der Waals surface area (Å²) in [4.78, 5) is 27.2. The van der Waals surface area contributed by atoms with Gasteiger partial charge in [-0.05, 0) is 45.2 Å². The van der Waals surface area contributed by atoms with Crippen molar-refractivity contribution in [2.75, 3.05) is 20.1 Å². The molecule has 1 aromatic carbocycles. The van der Waals surface area contributed by atoms with Crippen molar-refractivity contribution in [2.24, 2.45) is 0 Å². The number of pyridine rings is 1. The first-order chi connectivity index (χ1) is 14.0. The SMILES string of the molecule is C[C@@H]1CN(NC(=O)c2cn(-c3ccc(F)cc3)c(=O)cc2C(F)(F)F)C[C@H](C)N1C. The molecule has 1 fully saturated rings. The van der Waals surface area contributed by atoms with E-state index in [0.29, 0.717) is 19.2 Å². The number of hydrazine groups is 1. The summed E-state index contributed by atoms with van der Waals surface area (Å²) in [5.41, 5.74) is -0.316. The maximum absolute atomic E-state index is 13.5. The molecule has 30 heavy (non-hydrogen) atoms. The Morgan fingerprint density at radius 3 is 2.20 bits per heavy atom.